The quantitative estimate of drug-likeness (QED) is 0.892. The second-order valence-electron chi connectivity index (χ2n) is 4.86. The highest BCUT2D eigenvalue weighted by molar-refractivity contribution is 7.91. The van der Waals surface area contributed by atoms with Gasteiger partial charge in [0.2, 0.25) is 9.84 Å². The predicted octanol–water partition coefficient (Wildman–Crippen LogP) is 2.86. The molecule has 20 heavy (non-hydrogen) atoms. The van der Waals surface area contributed by atoms with Gasteiger partial charge in [-0.05, 0) is 55.7 Å². The first kappa shape index (κ1) is 14.4. The zero-order valence-electron chi connectivity index (χ0n) is 11.5. The van der Waals surface area contributed by atoms with Crippen LogP contribution in [-0.4, -0.2) is 18.6 Å². The highest BCUT2D eigenvalue weighted by Gasteiger charge is 2.23. The summed E-state index contributed by atoms with van der Waals surface area (Å²) in [5.74, 6) is -0.171. The third kappa shape index (κ3) is 2.36. The minimum absolute atomic E-state index is 0.0452. The number of rotatable bonds is 2. The topological polar surface area (TPSA) is 74.6 Å². The molecule has 0 aliphatic heterocycles. The average Bonchev–Trinajstić information content (AvgIpc) is 2.36. The van der Waals surface area contributed by atoms with Crippen molar-refractivity contribution in [3.63, 3.8) is 0 Å². The molecule has 5 heteroatoms. The Morgan fingerprint density at radius 2 is 1.40 bits per heavy atom. The Hall–Kier alpha value is -2.01. The number of benzene rings is 2. The molecule has 0 fully saturated rings. The standard InChI is InChI=1S/C15H16O4S/c1-9-4-5-12(16)7-14(9)20(18,19)15-8-13(17)10(2)6-11(15)3/h4-8,16-17H,1-3H3. The zero-order valence-corrected chi connectivity index (χ0v) is 12.3. The number of sulfone groups is 1. The lowest BCUT2D eigenvalue weighted by atomic mass is 10.1. The van der Waals surface area contributed by atoms with Gasteiger partial charge in [-0.2, -0.15) is 0 Å². The molecular weight excluding hydrogens is 276 g/mol. The van der Waals surface area contributed by atoms with Gasteiger partial charge in [0.15, 0.2) is 0 Å². The number of phenolic OH excluding ortho intramolecular Hbond substituents is 2. The molecule has 0 bridgehead atoms. The van der Waals surface area contributed by atoms with Crippen LogP contribution in [0.15, 0.2) is 40.1 Å². The van der Waals surface area contributed by atoms with Crippen molar-refractivity contribution in [2.45, 2.75) is 30.6 Å². The SMILES string of the molecule is Cc1cc(C)c(S(=O)(=O)c2cc(O)ccc2C)cc1O. The van der Waals surface area contributed by atoms with Gasteiger partial charge in [-0.1, -0.05) is 12.1 Å². The van der Waals surface area contributed by atoms with Gasteiger partial charge in [0.1, 0.15) is 11.5 Å². The molecule has 0 saturated heterocycles. The molecule has 0 aromatic heterocycles. The number of hydrogen-bond donors (Lipinski definition) is 2. The number of aryl methyl sites for hydroxylation is 3. The summed E-state index contributed by atoms with van der Waals surface area (Å²) in [6.07, 6.45) is 0. The molecule has 0 heterocycles. The van der Waals surface area contributed by atoms with E-state index in [-0.39, 0.29) is 21.3 Å². The first-order chi connectivity index (χ1) is 9.23. The van der Waals surface area contributed by atoms with E-state index in [1.165, 1.54) is 18.2 Å². The molecule has 0 atom stereocenters. The van der Waals surface area contributed by atoms with Crippen LogP contribution in [0.4, 0.5) is 0 Å². The van der Waals surface area contributed by atoms with Gasteiger partial charge in [0, 0.05) is 0 Å². The van der Waals surface area contributed by atoms with Crippen molar-refractivity contribution < 1.29 is 18.6 Å². The summed E-state index contributed by atoms with van der Waals surface area (Å²) in [5.41, 5.74) is 1.72. The summed E-state index contributed by atoms with van der Waals surface area (Å²) >= 11 is 0. The Labute approximate surface area is 118 Å². The fraction of sp³-hybridized carbons (Fsp3) is 0.200. The van der Waals surface area contributed by atoms with Gasteiger partial charge >= 0.3 is 0 Å². The second kappa shape index (κ2) is 4.83. The molecule has 4 nitrogen and oxygen atoms in total. The fourth-order valence-electron chi connectivity index (χ4n) is 2.11. The maximum Gasteiger partial charge on any atom is 0.207 e. The van der Waals surface area contributed by atoms with E-state index in [0.29, 0.717) is 16.7 Å². The zero-order chi connectivity index (χ0) is 15.1. The molecule has 0 aliphatic rings. The van der Waals surface area contributed by atoms with E-state index < -0.39 is 9.84 Å². The highest BCUT2D eigenvalue weighted by atomic mass is 32.2. The number of phenols is 2. The van der Waals surface area contributed by atoms with Crippen molar-refractivity contribution in [3.8, 4) is 11.5 Å². The van der Waals surface area contributed by atoms with Crippen LogP contribution in [0, 0.1) is 20.8 Å². The second-order valence-corrected chi connectivity index (χ2v) is 6.74. The van der Waals surface area contributed by atoms with Crippen LogP contribution in [0.2, 0.25) is 0 Å². The molecule has 0 aliphatic carbocycles. The van der Waals surface area contributed by atoms with Crippen LogP contribution >= 0.6 is 0 Å². The molecule has 2 rings (SSSR count). The van der Waals surface area contributed by atoms with Gasteiger partial charge in [-0.3, -0.25) is 0 Å². The molecule has 0 saturated carbocycles. The highest BCUT2D eigenvalue weighted by Crippen LogP contribution is 2.32. The molecule has 106 valence electrons. The first-order valence-electron chi connectivity index (χ1n) is 6.08. The normalized spacial score (nSPS) is 11.6. The fourth-order valence-corrected chi connectivity index (χ4v) is 3.86. The lowest BCUT2D eigenvalue weighted by molar-refractivity contribution is 0.468. The van der Waals surface area contributed by atoms with Crippen LogP contribution in [0.25, 0.3) is 0 Å². The minimum Gasteiger partial charge on any atom is -0.508 e. The summed E-state index contributed by atoms with van der Waals surface area (Å²) in [4.78, 5) is 0.0955. The van der Waals surface area contributed by atoms with E-state index in [4.69, 9.17) is 0 Å². The lowest BCUT2D eigenvalue weighted by Crippen LogP contribution is -2.06. The van der Waals surface area contributed by atoms with E-state index in [0.717, 1.165) is 0 Å². The largest absolute Gasteiger partial charge is 0.508 e. The maximum absolute atomic E-state index is 12.7. The summed E-state index contributed by atoms with van der Waals surface area (Å²) in [6.45, 7) is 5.05. The van der Waals surface area contributed by atoms with E-state index in [9.17, 15) is 18.6 Å². The van der Waals surface area contributed by atoms with Gasteiger partial charge in [-0.25, -0.2) is 8.42 Å². The smallest absolute Gasteiger partial charge is 0.207 e. The molecule has 2 aromatic carbocycles. The molecule has 0 radical (unpaired) electrons. The summed E-state index contributed by atoms with van der Waals surface area (Å²) in [7, 11) is -3.78. The van der Waals surface area contributed by atoms with Crippen LogP contribution in [0.1, 0.15) is 16.7 Å². The number of aromatic hydroxyl groups is 2. The van der Waals surface area contributed by atoms with Crippen molar-refractivity contribution in [1.82, 2.24) is 0 Å². The summed E-state index contributed by atoms with van der Waals surface area (Å²) < 4.78 is 25.3. The van der Waals surface area contributed by atoms with Crippen LogP contribution in [0.3, 0.4) is 0 Å². The molecule has 0 spiro atoms. The first-order valence-corrected chi connectivity index (χ1v) is 7.56. The Bertz CT molecular complexity index is 777. The van der Waals surface area contributed by atoms with E-state index in [2.05, 4.69) is 0 Å². The Morgan fingerprint density at radius 1 is 0.800 bits per heavy atom. The average molecular weight is 292 g/mol. The third-order valence-corrected chi connectivity index (χ3v) is 5.28. The number of hydrogen-bond acceptors (Lipinski definition) is 4. The van der Waals surface area contributed by atoms with Gasteiger partial charge in [-0.15, -0.1) is 0 Å². The van der Waals surface area contributed by atoms with Crippen LogP contribution < -0.4 is 0 Å². The Balaban J connectivity index is 2.73. The van der Waals surface area contributed by atoms with Crippen molar-refractivity contribution >= 4 is 9.84 Å². The molecular formula is C15H16O4S. The van der Waals surface area contributed by atoms with Crippen molar-refractivity contribution in [2.24, 2.45) is 0 Å². The summed E-state index contributed by atoms with van der Waals surface area (Å²) in [6, 6.07) is 7.09. The van der Waals surface area contributed by atoms with Crippen molar-refractivity contribution in [1.29, 1.82) is 0 Å². The molecule has 0 unspecified atom stereocenters. The lowest BCUT2D eigenvalue weighted by Gasteiger charge is -2.12. The van der Waals surface area contributed by atoms with E-state index >= 15 is 0 Å². The molecule has 2 aromatic rings. The van der Waals surface area contributed by atoms with Crippen molar-refractivity contribution in [2.75, 3.05) is 0 Å². The monoisotopic (exact) mass is 292 g/mol. The van der Waals surface area contributed by atoms with Gasteiger partial charge in [0.05, 0.1) is 9.79 Å². The minimum atomic E-state index is -3.78. The van der Waals surface area contributed by atoms with Crippen molar-refractivity contribution in [3.05, 3.63) is 47.0 Å². The third-order valence-electron chi connectivity index (χ3n) is 3.24. The Kier molecular flexibility index (Phi) is 3.48. The van der Waals surface area contributed by atoms with Gasteiger partial charge < -0.3 is 10.2 Å². The van der Waals surface area contributed by atoms with Crippen LogP contribution in [-0.2, 0) is 9.84 Å². The summed E-state index contributed by atoms with van der Waals surface area (Å²) in [5, 5.41) is 19.2. The Morgan fingerprint density at radius 3 is 2.05 bits per heavy atom. The van der Waals surface area contributed by atoms with Crippen LogP contribution in [0.5, 0.6) is 11.5 Å². The van der Waals surface area contributed by atoms with E-state index in [1.807, 2.05) is 0 Å². The molecule has 0 amide bonds. The maximum atomic E-state index is 12.7. The van der Waals surface area contributed by atoms with E-state index in [1.54, 1.807) is 32.9 Å². The predicted molar refractivity (Wildman–Crippen MR) is 75.9 cm³/mol. The van der Waals surface area contributed by atoms with Gasteiger partial charge in [0.25, 0.3) is 0 Å². The molecule has 2 N–H and O–H groups in total.